The minimum absolute atomic E-state index is 0.445. The van der Waals surface area contributed by atoms with Crippen LogP contribution in [0.25, 0.3) is 0 Å². The highest BCUT2D eigenvalue weighted by molar-refractivity contribution is 5.97. The molecular weight excluding hydrogens is 456 g/mol. The van der Waals surface area contributed by atoms with Crippen molar-refractivity contribution in [1.29, 1.82) is 0 Å². The molecule has 34 heavy (non-hydrogen) atoms. The molecule has 0 saturated carbocycles. The maximum Gasteiger partial charge on any atom is 0.245 e. The number of carbonyl (C=O) groups is 7. The number of aliphatic hydroxyl groups excluding tert-OH is 1. The Morgan fingerprint density at radius 2 is 1.12 bits per heavy atom. The number of hydrogen-bond acceptors (Lipinski definition) is 9. The van der Waals surface area contributed by atoms with Gasteiger partial charge in [-0.1, -0.05) is 0 Å². The molecule has 0 rings (SSSR count). The van der Waals surface area contributed by atoms with Gasteiger partial charge >= 0.3 is 0 Å². The van der Waals surface area contributed by atoms with E-state index in [4.69, 9.17) is 17.2 Å². The van der Waals surface area contributed by atoms with E-state index in [0.29, 0.717) is 0 Å². The molecule has 0 spiro atoms. The number of hydrogen-bond donors (Lipinski definition) is 9. The van der Waals surface area contributed by atoms with E-state index in [0.717, 1.165) is 0 Å². The first-order valence-electron chi connectivity index (χ1n) is 10.1. The van der Waals surface area contributed by atoms with E-state index in [1.165, 1.54) is 20.8 Å². The molecule has 0 aliphatic carbocycles. The van der Waals surface area contributed by atoms with Crippen molar-refractivity contribution in [3.8, 4) is 0 Å². The van der Waals surface area contributed by atoms with Crippen molar-refractivity contribution < 1.29 is 38.7 Å². The zero-order chi connectivity index (χ0) is 26.6. The first-order chi connectivity index (χ1) is 15.7. The Balaban J connectivity index is 4.96. The van der Waals surface area contributed by atoms with Crippen molar-refractivity contribution in [3.63, 3.8) is 0 Å². The molecule has 12 N–H and O–H groups in total. The first-order valence-corrected chi connectivity index (χ1v) is 10.1. The molecule has 0 aliphatic rings. The van der Waals surface area contributed by atoms with Crippen molar-refractivity contribution in [1.82, 2.24) is 26.6 Å². The monoisotopic (exact) mass is 488 g/mol. The van der Waals surface area contributed by atoms with E-state index in [-0.39, 0.29) is 0 Å². The predicted octanol–water partition coefficient (Wildman–Crippen LogP) is -6.22. The van der Waals surface area contributed by atoms with Crippen LogP contribution in [0.2, 0.25) is 0 Å². The summed E-state index contributed by atoms with van der Waals surface area (Å²) in [4.78, 5) is 82.6. The van der Waals surface area contributed by atoms with Gasteiger partial charge in [-0.15, -0.1) is 0 Å². The molecule has 0 fully saturated rings. The van der Waals surface area contributed by atoms with Crippen molar-refractivity contribution in [2.45, 2.75) is 57.4 Å². The molecular formula is C18H32N8O8. The van der Waals surface area contributed by atoms with E-state index in [9.17, 15) is 38.7 Å². The summed E-state index contributed by atoms with van der Waals surface area (Å²) < 4.78 is 0. The number of nitrogens with one attached hydrogen (secondary N) is 5. The van der Waals surface area contributed by atoms with Crippen LogP contribution in [0.5, 0.6) is 0 Å². The molecule has 0 radical (unpaired) electrons. The van der Waals surface area contributed by atoms with Gasteiger partial charge in [0.15, 0.2) is 0 Å². The van der Waals surface area contributed by atoms with Gasteiger partial charge in [0, 0.05) is 0 Å². The summed E-state index contributed by atoms with van der Waals surface area (Å²) >= 11 is 0. The Morgan fingerprint density at radius 3 is 1.56 bits per heavy atom. The van der Waals surface area contributed by atoms with Gasteiger partial charge in [-0.05, 0) is 20.8 Å². The summed E-state index contributed by atoms with van der Waals surface area (Å²) in [6.45, 7) is 2.62. The third kappa shape index (κ3) is 10.7. The van der Waals surface area contributed by atoms with Crippen molar-refractivity contribution in [3.05, 3.63) is 0 Å². The summed E-state index contributed by atoms with van der Waals surface area (Å²) in [5.41, 5.74) is 15.3. The molecule has 0 heterocycles. The summed E-state index contributed by atoms with van der Waals surface area (Å²) in [5, 5.41) is 20.5. The van der Waals surface area contributed by atoms with Gasteiger partial charge in [0.25, 0.3) is 0 Å². The number of nitrogens with two attached hydrogens (primary N) is 3. The van der Waals surface area contributed by atoms with Crippen LogP contribution in [-0.2, 0) is 33.6 Å². The number of aliphatic hydroxyl groups is 1. The third-order valence-electron chi connectivity index (χ3n) is 4.35. The molecule has 16 nitrogen and oxygen atoms in total. The maximum atomic E-state index is 12.3. The van der Waals surface area contributed by atoms with Crippen LogP contribution < -0.4 is 43.8 Å². The van der Waals surface area contributed by atoms with E-state index in [1.54, 1.807) is 0 Å². The lowest BCUT2D eigenvalue weighted by Gasteiger charge is -2.23. The smallest absolute Gasteiger partial charge is 0.245 e. The molecule has 0 aromatic rings. The maximum absolute atomic E-state index is 12.3. The second kappa shape index (κ2) is 14.4. The lowest BCUT2D eigenvalue weighted by Crippen LogP contribution is -2.58. The van der Waals surface area contributed by atoms with Crippen LogP contribution in [0.15, 0.2) is 0 Å². The first kappa shape index (κ1) is 30.2. The third-order valence-corrected chi connectivity index (χ3v) is 4.35. The van der Waals surface area contributed by atoms with Crippen molar-refractivity contribution in [2.24, 2.45) is 17.2 Å². The summed E-state index contributed by atoms with van der Waals surface area (Å²) in [7, 11) is 0. The molecule has 0 aromatic heterocycles. The van der Waals surface area contributed by atoms with Crippen molar-refractivity contribution in [2.75, 3.05) is 13.2 Å². The fourth-order valence-electron chi connectivity index (χ4n) is 2.32. The van der Waals surface area contributed by atoms with Gasteiger partial charge in [0.2, 0.25) is 41.4 Å². The molecule has 192 valence electrons. The van der Waals surface area contributed by atoms with Crippen LogP contribution in [0.4, 0.5) is 0 Å². The van der Waals surface area contributed by atoms with E-state index in [1.807, 2.05) is 0 Å². The molecule has 0 saturated heterocycles. The molecule has 0 bridgehead atoms. The lowest BCUT2D eigenvalue weighted by molar-refractivity contribution is -0.135. The molecule has 5 atom stereocenters. The Labute approximate surface area is 195 Å². The summed E-state index contributed by atoms with van der Waals surface area (Å²) in [6, 6.07) is -6.25. The predicted molar refractivity (Wildman–Crippen MR) is 116 cm³/mol. The van der Waals surface area contributed by atoms with Gasteiger partial charge in [0.1, 0.15) is 30.2 Å². The van der Waals surface area contributed by atoms with Crippen molar-refractivity contribution >= 4 is 41.4 Å². The highest BCUT2D eigenvalue weighted by atomic mass is 16.3. The Morgan fingerprint density at radius 1 is 0.676 bits per heavy atom. The average Bonchev–Trinajstić information content (AvgIpc) is 2.75. The average molecular weight is 489 g/mol. The zero-order valence-corrected chi connectivity index (χ0v) is 19.0. The van der Waals surface area contributed by atoms with Crippen LogP contribution in [0, 0.1) is 0 Å². The SMILES string of the molecule is CC(NC(=O)C(CO)NC(=O)C(C)NC(=O)C(C)NC(=O)C(CC(N)=O)NC(=O)CN)C(N)=O. The van der Waals surface area contributed by atoms with E-state index < -0.39 is 91.1 Å². The van der Waals surface area contributed by atoms with E-state index >= 15 is 0 Å². The largest absolute Gasteiger partial charge is 0.394 e. The van der Waals surface area contributed by atoms with Gasteiger partial charge in [-0.3, -0.25) is 33.6 Å². The lowest BCUT2D eigenvalue weighted by atomic mass is 10.1. The van der Waals surface area contributed by atoms with Gasteiger partial charge in [-0.2, -0.15) is 0 Å². The second-order valence-corrected chi connectivity index (χ2v) is 7.33. The standard InChI is InChI=1S/C18H32N8O8/c1-7(14(21)30)22-18(34)11(6-27)26-16(32)9(3)23-15(31)8(2)24-17(33)10(4-12(20)28)25-13(29)5-19/h7-11,27H,4-6,19H2,1-3H3,(H2,20,28)(H2,21,30)(H,22,34)(H,23,31)(H,24,33)(H,25,29)(H,26,32). The quantitative estimate of drug-likeness (QED) is 0.112. The molecule has 16 heteroatoms. The molecule has 5 unspecified atom stereocenters. The van der Waals surface area contributed by atoms with Gasteiger partial charge < -0.3 is 48.9 Å². The van der Waals surface area contributed by atoms with Gasteiger partial charge in [-0.25, -0.2) is 0 Å². The Kier molecular flexibility index (Phi) is 12.8. The highest BCUT2D eigenvalue weighted by Crippen LogP contribution is 1.96. The highest BCUT2D eigenvalue weighted by Gasteiger charge is 2.28. The number of rotatable bonds is 14. The molecule has 0 aliphatic heterocycles. The minimum atomic E-state index is -1.42. The van der Waals surface area contributed by atoms with Crippen LogP contribution in [-0.4, -0.2) is 89.8 Å². The zero-order valence-electron chi connectivity index (χ0n) is 19.0. The van der Waals surface area contributed by atoms with Crippen LogP contribution in [0.3, 0.4) is 0 Å². The van der Waals surface area contributed by atoms with Crippen LogP contribution >= 0.6 is 0 Å². The topological polar surface area (TPSA) is 278 Å². The molecule has 0 aromatic carbocycles. The number of amides is 7. The molecule has 7 amide bonds. The number of primary amides is 2. The summed E-state index contributed by atoms with van der Waals surface area (Å²) in [6.07, 6.45) is -0.538. The van der Waals surface area contributed by atoms with Crippen LogP contribution in [0.1, 0.15) is 27.2 Å². The second-order valence-electron chi connectivity index (χ2n) is 7.33. The fraction of sp³-hybridized carbons (Fsp3) is 0.611. The van der Waals surface area contributed by atoms with E-state index in [2.05, 4.69) is 26.6 Å². The van der Waals surface area contributed by atoms with Gasteiger partial charge in [0.05, 0.1) is 19.6 Å². The number of carbonyl (C=O) groups excluding carboxylic acids is 7. The minimum Gasteiger partial charge on any atom is -0.394 e. The normalized spacial score (nSPS) is 14.9. The Bertz CT molecular complexity index is 805. The Hall–Kier alpha value is -3.79. The fourth-order valence-corrected chi connectivity index (χ4v) is 2.32. The summed E-state index contributed by atoms with van der Waals surface area (Å²) in [5.74, 6) is -5.86.